The zero-order valence-corrected chi connectivity index (χ0v) is 24.8. The second-order valence-corrected chi connectivity index (χ2v) is 15.9. The van der Waals surface area contributed by atoms with Crippen LogP contribution < -0.4 is 0 Å². The molecule has 14 atom stereocenters. The topological polar surface area (TPSA) is 0 Å². The SMILES string of the molecule is CC(C)C1CCC(C)C2C(C)C3C(C)C4(C)C(C)C(C)C(C)C(C(C)C)C4(C)CC3(C)CC12. The van der Waals surface area contributed by atoms with Crippen molar-refractivity contribution in [3.63, 3.8) is 0 Å². The molecule has 0 heterocycles. The number of hydrogen-bond donors (Lipinski definition) is 0. The van der Waals surface area contributed by atoms with Crippen molar-refractivity contribution in [1.29, 1.82) is 0 Å². The highest BCUT2D eigenvalue weighted by Crippen LogP contribution is 2.76. The Kier molecular flexibility index (Phi) is 6.53. The van der Waals surface area contributed by atoms with E-state index in [2.05, 4.69) is 90.0 Å². The fraction of sp³-hybridized carbons (Fsp3) is 1.00. The van der Waals surface area contributed by atoms with Gasteiger partial charge in [-0.15, -0.1) is 0 Å². The van der Waals surface area contributed by atoms with Crippen LogP contribution >= 0.6 is 0 Å². The first-order valence-corrected chi connectivity index (χ1v) is 15.1. The Bertz CT molecular complexity index is 720. The van der Waals surface area contributed by atoms with Crippen molar-refractivity contribution in [3.8, 4) is 0 Å². The summed E-state index contributed by atoms with van der Waals surface area (Å²) >= 11 is 0. The smallest absolute Gasteiger partial charge is 0.0212 e. The minimum atomic E-state index is 0.439. The molecule has 0 amide bonds. The van der Waals surface area contributed by atoms with E-state index >= 15 is 0 Å². The van der Waals surface area contributed by atoms with E-state index in [1.165, 1.54) is 25.7 Å². The third-order valence-corrected chi connectivity index (χ3v) is 14.3. The zero-order chi connectivity index (χ0) is 24.8. The lowest BCUT2D eigenvalue weighted by molar-refractivity contribution is -0.270. The Hall–Kier alpha value is 0. The molecule has 4 aliphatic rings. The Morgan fingerprint density at radius 3 is 1.85 bits per heavy atom. The lowest BCUT2D eigenvalue weighted by atomic mass is 9.30. The Labute approximate surface area is 208 Å². The molecule has 4 rings (SSSR count). The molecule has 192 valence electrons. The molecular formula is C33H60. The van der Waals surface area contributed by atoms with Gasteiger partial charge in [0.05, 0.1) is 0 Å². The normalized spacial score (nSPS) is 59.2. The molecule has 4 fully saturated rings. The third-order valence-electron chi connectivity index (χ3n) is 14.3. The summed E-state index contributed by atoms with van der Waals surface area (Å²) in [5.74, 6) is 11.3. The van der Waals surface area contributed by atoms with E-state index < -0.39 is 0 Å². The van der Waals surface area contributed by atoms with Crippen molar-refractivity contribution >= 4 is 0 Å². The van der Waals surface area contributed by atoms with E-state index in [1.807, 2.05) is 0 Å². The molecule has 0 spiro atoms. The van der Waals surface area contributed by atoms with Gasteiger partial charge in [0.2, 0.25) is 0 Å². The molecule has 0 aromatic heterocycles. The highest BCUT2D eigenvalue weighted by molar-refractivity contribution is 5.18. The van der Waals surface area contributed by atoms with Crippen LogP contribution in [0.4, 0.5) is 0 Å². The van der Waals surface area contributed by atoms with Crippen molar-refractivity contribution in [2.75, 3.05) is 0 Å². The van der Waals surface area contributed by atoms with Crippen LogP contribution in [0.3, 0.4) is 0 Å². The summed E-state index contributed by atoms with van der Waals surface area (Å²) in [6.45, 7) is 34.5. The zero-order valence-electron chi connectivity index (χ0n) is 24.8. The first kappa shape index (κ1) is 26.1. The van der Waals surface area contributed by atoms with Crippen molar-refractivity contribution in [1.82, 2.24) is 0 Å². The maximum atomic E-state index is 2.79. The van der Waals surface area contributed by atoms with E-state index in [9.17, 15) is 0 Å². The molecule has 14 unspecified atom stereocenters. The molecule has 0 aliphatic heterocycles. The maximum absolute atomic E-state index is 2.79. The van der Waals surface area contributed by atoms with Gasteiger partial charge in [-0.2, -0.15) is 0 Å². The van der Waals surface area contributed by atoms with Crippen LogP contribution in [0.2, 0.25) is 0 Å². The van der Waals surface area contributed by atoms with E-state index in [4.69, 9.17) is 0 Å². The van der Waals surface area contributed by atoms with Crippen LogP contribution in [0, 0.1) is 93.2 Å². The molecule has 0 nitrogen and oxygen atoms in total. The van der Waals surface area contributed by atoms with Gasteiger partial charge >= 0.3 is 0 Å². The molecule has 0 radical (unpaired) electrons. The quantitative estimate of drug-likeness (QED) is 0.388. The third kappa shape index (κ3) is 3.33. The molecule has 4 saturated carbocycles. The molecule has 0 aromatic rings. The fourth-order valence-electron chi connectivity index (χ4n) is 13.0. The monoisotopic (exact) mass is 456 g/mol. The average Bonchev–Trinajstić information content (AvgIpc) is 2.68. The molecule has 0 saturated heterocycles. The summed E-state index contributed by atoms with van der Waals surface area (Å²) < 4.78 is 0. The van der Waals surface area contributed by atoms with Crippen LogP contribution in [0.25, 0.3) is 0 Å². The Balaban J connectivity index is 1.84. The molecule has 0 heteroatoms. The summed E-state index contributed by atoms with van der Waals surface area (Å²) in [5.41, 5.74) is 1.39. The highest BCUT2D eigenvalue weighted by Gasteiger charge is 2.70. The second kappa shape index (κ2) is 8.26. The summed E-state index contributed by atoms with van der Waals surface area (Å²) in [7, 11) is 0. The molecule has 4 aliphatic carbocycles. The minimum absolute atomic E-state index is 0.439. The predicted octanol–water partition coefficient (Wildman–Crippen LogP) is 9.83. The summed E-state index contributed by atoms with van der Waals surface area (Å²) in [6, 6.07) is 0. The van der Waals surface area contributed by atoms with Gasteiger partial charge in [-0.3, -0.25) is 0 Å². The first-order chi connectivity index (χ1) is 15.1. The van der Waals surface area contributed by atoms with Gasteiger partial charge in [0.15, 0.2) is 0 Å². The van der Waals surface area contributed by atoms with Gasteiger partial charge in [-0.25, -0.2) is 0 Å². The molecule has 33 heavy (non-hydrogen) atoms. The second-order valence-electron chi connectivity index (χ2n) is 15.9. The van der Waals surface area contributed by atoms with E-state index in [1.54, 1.807) is 0 Å². The highest BCUT2D eigenvalue weighted by atomic mass is 14.7. The number of hydrogen-bond acceptors (Lipinski definition) is 0. The Morgan fingerprint density at radius 2 is 1.30 bits per heavy atom. The van der Waals surface area contributed by atoms with Crippen LogP contribution in [0.5, 0.6) is 0 Å². The van der Waals surface area contributed by atoms with E-state index in [0.717, 1.165) is 76.9 Å². The van der Waals surface area contributed by atoms with Crippen LogP contribution in [0.15, 0.2) is 0 Å². The fourth-order valence-corrected chi connectivity index (χ4v) is 13.0. The van der Waals surface area contributed by atoms with Crippen molar-refractivity contribution in [2.45, 2.75) is 116 Å². The van der Waals surface area contributed by atoms with Crippen LogP contribution in [0.1, 0.15) is 116 Å². The summed E-state index contributed by atoms with van der Waals surface area (Å²) in [4.78, 5) is 0. The van der Waals surface area contributed by atoms with Gasteiger partial charge in [-0.1, -0.05) is 96.4 Å². The van der Waals surface area contributed by atoms with Crippen LogP contribution in [-0.2, 0) is 0 Å². The summed E-state index contributed by atoms with van der Waals surface area (Å²) in [6.07, 6.45) is 5.95. The maximum Gasteiger partial charge on any atom is -0.0212 e. The average molecular weight is 457 g/mol. The Morgan fingerprint density at radius 1 is 0.697 bits per heavy atom. The first-order valence-electron chi connectivity index (χ1n) is 15.1. The van der Waals surface area contributed by atoms with Gasteiger partial charge in [-0.05, 0) is 112 Å². The van der Waals surface area contributed by atoms with Crippen molar-refractivity contribution in [2.24, 2.45) is 93.2 Å². The van der Waals surface area contributed by atoms with Gasteiger partial charge in [0.1, 0.15) is 0 Å². The standard InChI is InChI=1S/C33H60/c1-18(2)26-15-14-20(5)28-23(8)30-25(10)33(13)24(9)21(6)22(7)29(19(3)4)32(33,12)17-31(30,11)16-27(26)28/h18-30H,14-17H2,1-13H3. The largest absolute Gasteiger partial charge is 0.0625 e. The summed E-state index contributed by atoms with van der Waals surface area (Å²) in [5, 5.41) is 0. The van der Waals surface area contributed by atoms with Gasteiger partial charge in [0.25, 0.3) is 0 Å². The van der Waals surface area contributed by atoms with Gasteiger partial charge in [0, 0.05) is 0 Å². The molecule has 0 aromatic carbocycles. The van der Waals surface area contributed by atoms with Crippen LogP contribution in [-0.4, -0.2) is 0 Å². The van der Waals surface area contributed by atoms with Crippen molar-refractivity contribution in [3.05, 3.63) is 0 Å². The lowest BCUT2D eigenvalue weighted by Gasteiger charge is -2.75. The predicted molar refractivity (Wildman–Crippen MR) is 145 cm³/mol. The van der Waals surface area contributed by atoms with Crippen molar-refractivity contribution < 1.29 is 0 Å². The molecule has 0 bridgehead atoms. The van der Waals surface area contributed by atoms with Gasteiger partial charge < -0.3 is 0 Å². The lowest BCUT2D eigenvalue weighted by Crippen LogP contribution is -2.69. The molecular weight excluding hydrogens is 396 g/mol. The number of rotatable bonds is 2. The number of fused-ring (bicyclic) bond motifs is 3. The van der Waals surface area contributed by atoms with E-state index in [-0.39, 0.29) is 0 Å². The molecule has 0 N–H and O–H groups in total. The minimum Gasteiger partial charge on any atom is -0.0625 e. The van der Waals surface area contributed by atoms with E-state index in [0.29, 0.717) is 16.2 Å².